The highest BCUT2D eigenvalue weighted by Gasteiger charge is 2.51. The molecule has 1 aromatic rings. The second kappa shape index (κ2) is 4.52. The van der Waals surface area contributed by atoms with Crippen LogP contribution in [0.1, 0.15) is 31.4 Å². The second-order valence-electron chi connectivity index (χ2n) is 5.59. The molecule has 6 heteroatoms. The number of urea groups is 1. The Morgan fingerprint density at radius 1 is 1.74 bits per heavy atom. The highest BCUT2D eigenvalue weighted by molar-refractivity contribution is 5.74. The van der Waals surface area contributed by atoms with Gasteiger partial charge in [-0.15, -0.1) is 0 Å². The van der Waals surface area contributed by atoms with Gasteiger partial charge >= 0.3 is 6.03 Å². The molecule has 0 aromatic carbocycles. The van der Waals surface area contributed by atoms with Crippen molar-refractivity contribution in [1.82, 2.24) is 15.2 Å². The smallest absolute Gasteiger partial charge is 0.317 e. The number of aryl methyl sites for hydroxylation is 1. The van der Waals surface area contributed by atoms with Gasteiger partial charge in [-0.3, -0.25) is 0 Å². The number of fused-ring (bicyclic) bond motifs is 1. The van der Waals surface area contributed by atoms with E-state index < -0.39 is 0 Å². The van der Waals surface area contributed by atoms with Crippen LogP contribution in [-0.4, -0.2) is 34.5 Å². The fourth-order valence-corrected chi connectivity index (χ4v) is 2.91. The molecule has 1 aromatic heterocycles. The fraction of sp³-hybridized carbons (Fsp3) is 0.692. The summed E-state index contributed by atoms with van der Waals surface area (Å²) in [4.78, 5) is 18.1. The number of hydrogen-bond acceptors (Lipinski definition) is 4. The van der Waals surface area contributed by atoms with Crippen molar-refractivity contribution < 1.29 is 9.21 Å². The first-order chi connectivity index (χ1) is 9.10. The summed E-state index contributed by atoms with van der Waals surface area (Å²) >= 11 is 0. The van der Waals surface area contributed by atoms with Crippen molar-refractivity contribution in [2.24, 2.45) is 11.7 Å². The lowest BCUT2D eigenvalue weighted by Crippen LogP contribution is -2.55. The monoisotopic (exact) mass is 264 g/mol. The predicted octanol–water partition coefficient (Wildman–Crippen LogP) is 0.870. The van der Waals surface area contributed by atoms with Crippen LogP contribution in [0, 0.1) is 5.92 Å². The second-order valence-corrected chi connectivity index (χ2v) is 5.59. The molecular formula is C13H20N4O2. The Morgan fingerprint density at radius 3 is 3.11 bits per heavy atom. The lowest BCUT2D eigenvalue weighted by molar-refractivity contribution is 0.187. The zero-order valence-corrected chi connectivity index (χ0v) is 11.2. The van der Waals surface area contributed by atoms with Crippen LogP contribution in [0.3, 0.4) is 0 Å². The summed E-state index contributed by atoms with van der Waals surface area (Å²) in [5.41, 5.74) is 6.85. The Labute approximate surface area is 112 Å². The predicted molar refractivity (Wildman–Crippen MR) is 69.3 cm³/mol. The van der Waals surface area contributed by atoms with Crippen LogP contribution in [0.4, 0.5) is 4.79 Å². The molecule has 2 amide bonds. The van der Waals surface area contributed by atoms with E-state index in [-0.39, 0.29) is 11.6 Å². The highest BCUT2D eigenvalue weighted by atomic mass is 16.3. The minimum atomic E-state index is -0.124. The van der Waals surface area contributed by atoms with E-state index in [4.69, 9.17) is 10.2 Å². The first-order valence-corrected chi connectivity index (χ1v) is 6.85. The van der Waals surface area contributed by atoms with Gasteiger partial charge in [-0.1, -0.05) is 6.92 Å². The minimum Gasteiger partial charge on any atom is -0.449 e. The van der Waals surface area contributed by atoms with Gasteiger partial charge in [-0.25, -0.2) is 9.78 Å². The zero-order chi connectivity index (χ0) is 13.5. The maximum Gasteiger partial charge on any atom is 0.317 e. The molecule has 2 aliphatic rings. The molecule has 0 radical (unpaired) electrons. The number of carbonyl (C=O) groups is 1. The third kappa shape index (κ3) is 2.20. The highest BCUT2D eigenvalue weighted by Crippen LogP contribution is 2.42. The number of rotatable bonds is 3. The molecule has 2 heterocycles. The number of nitrogens with zero attached hydrogens (tertiary/aromatic N) is 2. The molecule has 3 N–H and O–H groups in total. The van der Waals surface area contributed by atoms with E-state index in [0.717, 1.165) is 31.5 Å². The molecule has 1 saturated heterocycles. The van der Waals surface area contributed by atoms with Crippen LogP contribution >= 0.6 is 0 Å². The Hall–Kier alpha value is -1.56. The molecule has 1 saturated carbocycles. The van der Waals surface area contributed by atoms with Crippen molar-refractivity contribution in [2.75, 3.05) is 13.1 Å². The minimum absolute atomic E-state index is 0.0553. The summed E-state index contributed by atoms with van der Waals surface area (Å²) in [5, 5.41) is 2.87. The fourth-order valence-electron chi connectivity index (χ4n) is 2.91. The summed E-state index contributed by atoms with van der Waals surface area (Å²) < 4.78 is 5.24. The van der Waals surface area contributed by atoms with Gasteiger partial charge in [0.1, 0.15) is 6.26 Å². The van der Waals surface area contributed by atoms with Gasteiger partial charge in [0.2, 0.25) is 0 Å². The number of hydrogen-bond donors (Lipinski definition) is 2. The molecule has 1 aliphatic heterocycles. The Bertz CT molecular complexity index is 487. The van der Waals surface area contributed by atoms with Gasteiger partial charge in [0, 0.05) is 25.0 Å². The van der Waals surface area contributed by atoms with E-state index in [9.17, 15) is 4.79 Å². The third-order valence-electron chi connectivity index (χ3n) is 4.31. The van der Waals surface area contributed by atoms with Crippen LogP contribution < -0.4 is 11.1 Å². The molecule has 19 heavy (non-hydrogen) atoms. The summed E-state index contributed by atoms with van der Waals surface area (Å²) in [5.74, 6) is 1.18. The van der Waals surface area contributed by atoms with Crippen molar-refractivity contribution in [3.63, 3.8) is 0 Å². The average Bonchev–Trinajstić information content (AvgIpc) is 2.94. The Kier molecular flexibility index (Phi) is 2.97. The van der Waals surface area contributed by atoms with E-state index >= 15 is 0 Å². The molecule has 2 fully saturated rings. The maximum absolute atomic E-state index is 12.1. The maximum atomic E-state index is 12.1. The molecule has 2 atom stereocenters. The summed E-state index contributed by atoms with van der Waals surface area (Å²) in [6.07, 6.45) is 4.53. The van der Waals surface area contributed by atoms with E-state index in [1.165, 1.54) is 0 Å². The van der Waals surface area contributed by atoms with Crippen molar-refractivity contribution in [2.45, 2.75) is 38.3 Å². The molecule has 0 unspecified atom stereocenters. The Morgan fingerprint density at radius 2 is 2.58 bits per heavy atom. The number of likely N-dealkylation sites (tertiary alicyclic amines) is 1. The summed E-state index contributed by atoms with van der Waals surface area (Å²) in [6, 6.07) is -0.0553. The topological polar surface area (TPSA) is 84.4 Å². The zero-order valence-electron chi connectivity index (χ0n) is 11.2. The van der Waals surface area contributed by atoms with Gasteiger partial charge in [-0.05, 0) is 18.8 Å². The number of carbonyl (C=O) groups excluding carboxylic acids is 1. The standard InChI is InChI=1S/C13H20N4O2/c1-2-11-16-10(7-19-11)5-15-12(18)17-6-9-3-4-13(9,14)8-17/h7,9H,2-6,8,14H2,1H3,(H,15,18)/t9-,13-/m0/s1. The first-order valence-electron chi connectivity index (χ1n) is 6.85. The van der Waals surface area contributed by atoms with E-state index in [0.29, 0.717) is 24.9 Å². The lowest BCUT2D eigenvalue weighted by Gasteiger charge is -2.39. The molecule has 6 nitrogen and oxygen atoms in total. The molecular weight excluding hydrogens is 244 g/mol. The van der Waals surface area contributed by atoms with Gasteiger partial charge < -0.3 is 20.4 Å². The van der Waals surface area contributed by atoms with E-state index in [1.54, 1.807) is 6.26 Å². The van der Waals surface area contributed by atoms with Crippen LogP contribution in [0.15, 0.2) is 10.7 Å². The third-order valence-corrected chi connectivity index (χ3v) is 4.31. The van der Waals surface area contributed by atoms with Gasteiger partial charge in [0.15, 0.2) is 5.89 Å². The summed E-state index contributed by atoms with van der Waals surface area (Å²) in [7, 11) is 0. The van der Waals surface area contributed by atoms with E-state index in [2.05, 4.69) is 10.3 Å². The SMILES string of the molecule is CCc1nc(CNC(=O)N2C[C@@H]3CC[C@]3(N)C2)co1. The number of oxazole rings is 1. The summed E-state index contributed by atoms with van der Waals surface area (Å²) in [6.45, 7) is 3.83. The normalized spacial score (nSPS) is 28.9. The molecule has 0 bridgehead atoms. The van der Waals surface area contributed by atoms with Crippen molar-refractivity contribution in [3.05, 3.63) is 17.8 Å². The molecule has 3 rings (SSSR count). The van der Waals surface area contributed by atoms with E-state index in [1.807, 2.05) is 11.8 Å². The lowest BCUT2D eigenvalue weighted by atomic mass is 9.70. The van der Waals surface area contributed by atoms with Crippen molar-refractivity contribution >= 4 is 6.03 Å². The number of aromatic nitrogens is 1. The van der Waals surface area contributed by atoms with Gasteiger partial charge in [0.05, 0.1) is 12.2 Å². The molecule has 104 valence electrons. The van der Waals surface area contributed by atoms with Crippen molar-refractivity contribution in [1.29, 1.82) is 0 Å². The Balaban J connectivity index is 1.52. The average molecular weight is 264 g/mol. The van der Waals surface area contributed by atoms with Crippen LogP contribution in [0.25, 0.3) is 0 Å². The van der Waals surface area contributed by atoms with Gasteiger partial charge in [0.25, 0.3) is 0 Å². The number of nitrogens with two attached hydrogens (primary N) is 1. The number of nitrogens with one attached hydrogen (secondary N) is 1. The van der Waals surface area contributed by atoms with Crippen LogP contribution in [0.2, 0.25) is 0 Å². The van der Waals surface area contributed by atoms with Gasteiger partial charge in [-0.2, -0.15) is 0 Å². The molecule has 1 aliphatic carbocycles. The largest absolute Gasteiger partial charge is 0.449 e. The van der Waals surface area contributed by atoms with Crippen molar-refractivity contribution in [3.8, 4) is 0 Å². The van der Waals surface area contributed by atoms with Crippen LogP contribution in [-0.2, 0) is 13.0 Å². The van der Waals surface area contributed by atoms with Crippen LogP contribution in [0.5, 0.6) is 0 Å². The number of amides is 2. The first kappa shape index (κ1) is 12.5. The molecule has 0 spiro atoms. The quantitative estimate of drug-likeness (QED) is 0.848.